The fourth-order valence-electron chi connectivity index (χ4n) is 2.56. The first kappa shape index (κ1) is 15.4. The van der Waals surface area contributed by atoms with Crippen molar-refractivity contribution in [3.63, 3.8) is 0 Å². The van der Waals surface area contributed by atoms with Gasteiger partial charge in [0.25, 0.3) is 0 Å². The zero-order valence-corrected chi connectivity index (χ0v) is 11.8. The fourth-order valence-corrected chi connectivity index (χ4v) is 2.56. The molecular formula is C15H17F2NO3. The molecule has 0 spiro atoms. The van der Waals surface area contributed by atoms with Crippen LogP contribution in [0.15, 0.2) is 18.2 Å². The Morgan fingerprint density at radius 1 is 1.33 bits per heavy atom. The summed E-state index contributed by atoms with van der Waals surface area (Å²) < 4.78 is 31.5. The lowest BCUT2D eigenvalue weighted by molar-refractivity contribution is -0.154. The smallest absolute Gasteiger partial charge is 0.328 e. The number of halogens is 2. The number of likely N-dealkylation sites (tertiary alicyclic amines) is 1. The molecule has 2 rings (SSSR count). The lowest BCUT2D eigenvalue weighted by atomic mass is 10.0. The van der Waals surface area contributed by atoms with Gasteiger partial charge in [0.2, 0.25) is 5.91 Å². The van der Waals surface area contributed by atoms with Gasteiger partial charge in [0, 0.05) is 12.1 Å². The molecule has 114 valence electrons. The number of rotatable bonds is 3. The van der Waals surface area contributed by atoms with Crippen molar-refractivity contribution in [1.82, 2.24) is 4.90 Å². The average Bonchev–Trinajstić information content (AvgIpc) is 2.51. The number of benzene rings is 1. The van der Waals surface area contributed by atoms with E-state index in [4.69, 9.17) is 4.74 Å². The molecule has 4 nitrogen and oxygen atoms in total. The van der Waals surface area contributed by atoms with Crippen molar-refractivity contribution in [3.05, 3.63) is 35.4 Å². The predicted molar refractivity (Wildman–Crippen MR) is 71.4 cm³/mol. The highest BCUT2D eigenvalue weighted by molar-refractivity contribution is 5.86. The van der Waals surface area contributed by atoms with Gasteiger partial charge in [0.05, 0.1) is 13.5 Å². The number of ether oxygens (including phenoxy) is 1. The number of carbonyl (C=O) groups excluding carboxylic acids is 2. The second-order valence-electron chi connectivity index (χ2n) is 5.01. The lowest BCUT2D eigenvalue weighted by Crippen LogP contribution is -2.49. The summed E-state index contributed by atoms with van der Waals surface area (Å²) in [6.07, 6.45) is 1.88. The van der Waals surface area contributed by atoms with Gasteiger partial charge in [-0.3, -0.25) is 4.79 Å². The Hall–Kier alpha value is -1.98. The second-order valence-corrected chi connectivity index (χ2v) is 5.01. The first-order valence-electron chi connectivity index (χ1n) is 6.84. The Kier molecular flexibility index (Phi) is 4.88. The van der Waals surface area contributed by atoms with Crippen LogP contribution >= 0.6 is 0 Å². The molecule has 0 radical (unpaired) electrons. The molecule has 0 saturated carbocycles. The van der Waals surface area contributed by atoms with Gasteiger partial charge in [0.1, 0.15) is 6.04 Å². The van der Waals surface area contributed by atoms with Gasteiger partial charge in [-0.25, -0.2) is 13.6 Å². The first-order valence-corrected chi connectivity index (χ1v) is 6.84. The van der Waals surface area contributed by atoms with Crippen LogP contribution in [0, 0.1) is 11.6 Å². The van der Waals surface area contributed by atoms with E-state index in [0.717, 1.165) is 18.9 Å². The molecule has 0 N–H and O–H groups in total. The van der Waals surface area contributed by atoms with Crippen LogP contribution in [0.3, 0.4) is 0 Å². The van der Waals surface area contributed by atoms with Gasteiger partial charge in [0.15, 0.2) is 11.6 Å². The average molecular weight is 297 g/mol. The van der Waals surface area contributed by atoms with Gasteiger partial charge in [-0.05, 0) is 25.3 Å². The zero-order valence-electron chi connectivity index (χ0n) is 11.8. The number of methoxy groups -OCH3 is 1. The summed E-state index contributed by atoms with van der Waals surface area (Å²) in [4.78, 5) is 25.4. The Labute approximate surface area is 121 Å². The summed E-state index contributed by atoms with van der Waals surface area (Å²) in [5, 5.41) is 0. The third-order valence-corrected chi connectivity index (χ3v) is 3.67. The number of hydrogen-bond acceptors (Lipinski definition) is 3. The van der Waals surface area contributed by atoms with Crippen molar-refractivity contribution in [2.45, 2.75) is 31.7 Å². The van der Waals surface area contributed by atoms with Gasteiger partial charge in [-0.1, -0.05) is 12.1 Å². The van der Waals surface area contributed by atoms with E-state index < -0.39 is 29.6 Å². The van der Waals surface area contributed by atoms with Crippen molar-refractivity contribution in [1.29, 1.82) is 0 Å². The van der Waals surface area contributed by atoms with Crippen molar-refractivity contribution in [3.8, 4) is 0 Å². The third kappa shape index (κ3) is 3.37. The predicted octanol–water partition coefficient (Wildman–Crippen LogP) is 2.06. The summed E-state index contributed by atoms with van der Waals surface area (Å²) in [6.45, 7) is 0.426. The summed E-state index contributed by atoms with van der Waals surface area (Å²) in [6, 6.07) is 3.09. The molecule has 6 heteroatoms. The van der Waals surface area contributed by atoms with Crippen LogP contribution in [0.1, 0.15) is 24.8 Å². The Bertz CT molecular complexity index is 548. The molecule has 21 heavy (non-hydrogen) atoms. The molecule has 1 amide bonds. The number of hydrogen-bond donors (Lipinski definition) is 0. The molecule has 1 aliphatic heterocycles. The minimum atomic E-state index is -1.02. The maximum atomic E-state index is 13.6. The standard InChI is InChI=1S/C15H17F2NO3/c1-21-15(20)12-7-2-3-8-18(12)13(19)9-10-5-4-6-11(16)14(10)17/h4-6,12H,2-3,7-9H2,1H3. The maximum absolute atomic E-state index is 13.6. The molecular weight excluding hydrogens is 280 g/mol. The van der Waals surface area contributed by atoms with E-state index in [0.29, 0.717) is 13.0 Å². The molecule has 0 aliphatic carbocycles. The van der Waals surface area contributed by atoms with Gasteiger partial charge in [-0.2, -0.15) is 0 Å². The van der Waals surface area contributed by atoms with Crippen LogP contribution in [0.2, 0.25) is 0 Å². The zero-order chi connectivity index (χ0) is 15.4. The van der Waals surface area contributed by atoms with E-state index in [1.807, 2.05) is 0 Å². The van der Waals surface area contributed by atoms with E-state index in [1.54, 1.807) is 0 Å². The number of amides is 1. The molecule has 1 fully saturated rings. The van der Waals surface area contributed by atoms with E-state index >= 15 is 0 Å². The van der Waals surface area contributed by atoms with E-state index in [9.17, 15) is 18.4 Å². The minimum absolute atomic E-state index is 0.00538. The second kappa shape index (κ2) is 6.65. The minimum Gasteiger partial charge on any atom is -0.467 e. The first-order chi connectivity index (χ1) is 10.0. The molecule has 1 saturated heterocycles. The number of piperidine rings is 1. The molecule has 1 aromatic rings. The summed E-state index contributed by atoms with van der Waals surface area (Å²) in [5.41, 5.74) is -0.00538. The van der Waals surface area contributed by atoms with E-state index in [-0.39, 0.29) is 12.0 Å². The molecule has 1 heterocycles. The normalized spacial score (nSPS) is 18.4. The molecule has 1 atom stereocenters. The van der Waals surface area contributed by atoms with Crippen molar-refractivity contribution < 1.29 is 23.1 Å². The van der Waals surface area contributed by atoms with Gasteiger partial charge < -0.3 is 9.64 Å². The highest BCUT2D eigenvalue weighted by Crippen LogP contribution is 2.20. The van der Waals surface area contributed by atoms with Crippen molar-refractivity contribution in [2.24, 2.45) is 0 Å². The van der Waals surface area contributed by atoms with Gasteiger partial charge in [-0.15, -0.1) is 0 Å². The molecule has 1 aliphatic rings. The highest BCUT2D eigenvalue weighted by atomic mass is 19.2. The molecule has 1 aromatic carbocycles. The Balaban J connectivity index is 2.14. The molecule has 0 aromatic heterocycles. The topological polar surface area (TPSA) is 46.6 Å². The maximum Gasteiger partial charge on any atom is 0.328 e. The largest absolute Gasteiger partial charge is 0.467 e. The summed E-state index contributed by atoms with van der Waals surface area (Å²) in [7, 11) is 1.27. The Morgan fingerprint density at radius 2 is 2.10 bits per heavy atom. The quantitative estimate of drug-likeness (QED) is 0.802. The van der Waals surface area contributed by atoms with Crippen LogP contribution in [0.5, 0.6) is 0 Å². The lowest BCUT2D eigenvalue weighted by Gasteiger charge is -2.33. The molecule has 0 bridgehead atoms. The van der Waals surface area contributed by atoms with Crippen molar-refractivity contribution >= 4 is 11.9 Å². The monoisotopic (exact) mass is 297 g/mol. The van der Waals surface area contributed by atoms with Crippen molar-refractivity contribution in [2.75, 3.05) is 13.7 Å². The van der Waals surface area contributed by atoms with Crippen LogP contribution in [0.4, 0.5) is 8.78 Å². The SMILES string of the molecule is COC(=O)C1CCCCN1C(=O)Cc1cccc(F)c1F. The molecule has 1 unspecified atom stereocenters. The van der Waals surface area contributed by atoms with E-state index in [1.165, 1.54) is 24.1 Å². The highest BCUT2D eigenvalue weighted by Gasteiger charge is 2.33. The Morgan fingerprint density at radius 3 is 2.81 bits per heavy atom. The van der Waals surface area contributed by atoms with Crippen LogP contribution in [-0.4, -0.2) is 36.5 Å². The summed E-state index contributed by atoms with van der Waals surface area (Å²) >= 11 is 0. The number of esters is 1. The van der Waals surface area contributed by atoms with Gasteiger partial charge >= 0.3 is 5.97 Å². The van der Waals surface area contributed by atoms with E-state index in [2.05, 4.69) is 0 Å². The number of carbonyl (C=O) groups is 2. The van der Waals surface area contributed by atoms with Crippen LogP contribution < -0.4 is 0 Å². The fraction of sp³-hybridized carbons (Fsp3) is 0.467. The third-order valence-electron chi connectivity index (χ3n) is 3.67. The number of nitrogens with zero attached hydrogens (tertiary/aromatic N) is 1. The van der Waals surface area contributed by atoms with Crippen LogP contribution in [0.25, 0.3) is 0 Å². The van der Waals surface area contributed by atoms with Crippen LogP contribution in [-0.2, 0) is 20.7 Å². The summed E-state index contributed by atoms with van der Waals surface area (Å²) in [5.74, 6) is -2.86.